The molecule has 0 radical (unpaired) electrons. The Hall–Kier alpha value is -3.66. The van der Waals surface area contributed by atoms with Crippen molar-refractivity contribution in [2.75, 3.05) is 26.3 Å². The number of aliphatic hydroxyl groups excluding tert-OH is 1. The molecule has 9 heteroatoms. The summed E-state index contributed by atoms with van der Waals surface area (Å²) in [7, 11) is 0. The number of nitrogens with zero attached hydrogens (tertiary/aromatic N) is 1. The fraction of sp³-hybridized carbons (Fsp3) is 0.444. The average Bonchev–Trinajstić information content (AvgIpc) is 3.48. The third-order valence-electron chi connectivity index (χ3n) is 8.12. The highest BCUT2D eigenvalue weighted by molar-refractivity contribution is 6.00. The van der Waals surface area contributed by atoms with Crippen molar-refractivity contribution in [3.05, 3.63) is 106 Å². The first-order valence-corrected chi connectivity index (χ1v) is 15.9. The molecular weight excluding hydrogens is 576 g/mol. The van der Waals surface area contributed by atoms with E-state index in [-0.39, 0.29) is 30.5 Å². The molecule has 7 nitrogen and oxygen atoms in total. The number of nitrogens with one attached hydrogen (secondary N) is 2. The van der Waals surface area contributed by atoms with Gasteiger partial charge >= 0.3 is 0 Å². The summed E-state index contributed by atoms with van der Waals surface area (Å²) in [4.78, 5) is 29.0. The van der Waals surface area contributed by atoms with Crippen LogP contribution in [-0.2, 0) is 24.1 Å². The summed E-state index contributed by atoms with van der Waals surface area (Å²) < 4.78 is 33.8. The summed E-state index contributed by atoms with van der Waals surface area (Å²) in [6.07, 6.45) is 2.50. The van der Waals surface area contributed by atoms with Gasteiger partial charge in [-0.2, -0.15) is 0 Å². The molecule has 4 rings (SSSR count). The minimum Gasteiger partial charge on any atom is -0.390 e. The number of aliphatic hydroxyl groups is 1. The van der Waals surface area contributed by atoms with E-state index in [1.165, 1.54) is 17.7 Å². The number of amides is 2. The fourth-order valence-corrected chi connectivity index (χ4v) is 5.83. The molecule has 2 amide bonds. The van der Waals surface area contributed by atoms with Crippen LogP contribution in [0.15, 0.2) is 60.7 Å². The highest BCUT2D eigenvalue weighted by Gasteiger charge is 2.30. The predicted molar refractivity (Wildman–Crippen MR) is 171 cm³/mol. The Balaban J connectivity index is 1.49. The van der Waals surface area contributed by atoms with Gasteiger partial charge < -0.3 is 25.4 Å². The zero-order valence-electron chi connectivity index (χ0n) is 26.5. The molecule has 0 aromatic heterocycles. The van der Waals surface area contributed by atoms with Gasteiger partial charge in [-0.1, -0.05) is 38.1 Å². The number of rotatable bonds is 15. The molecule has 0 unspecified atom stereocenters. The maximum absolute atomic E-state index is 14.0. The molecule has 3 aromatic carbocycles. The number of hydrogen-bond acceptors (Lipinski definition) is 5. The molecule has 3 atom stereocenters. The van der Waals surface area contributed by atoms with E-state index in [9.17, 15) is 23.5 Å². The lowest BCUT2D eigenvalue weighted by molar-refractivity contribution is 0.0540. The van der Waals surface area contributed by atoms with Gasteiger partial charge in [0.15, 0.2) is 0 Å². The third kappa shape index (κ3) is 9.91. The van der Waals surface area contributed by atoms with E-state index in [0.717, 1.165) is 42.9 Å². The molecule has 3 N–H and O–H groups in total. The van der Waals surface area contributed by atoms with E-state index < -0.39 is 29.7 Å². The summed E-state index contributed by atoms with van der Waals surface area (Å²) in [6, 6.07) is 15.4. The third-order valence-corrected chi connectivity index (χ3v) is 8.12. The van der Waals surface area contributed by atoms with Crippen LogP contribution in [0.4, 0.5) is 8.78 Å². The summed E-state index contributed by atoms with van der Waals surface area (Å²) in [6.45, 7) is 8.33. The van der Waals surface area contributed by atoms with Crippen LogP contribution >= 0.6 is 0 Å². The van der Waals surface area contributed by atoms with E-state index in [1.54, 1.807) is 18.2 Å². The topological polar surface area (TPSA) is 90.9 Å². The van der Waals surface area contributed by atoms with Gasteiger partial charge in [-0.3, -0.25) is 9.59 Å². The molecule has 1 aliphatic heterocycles. The number of hydrogen-bond donors (Lipinski definition) is 3. The van der Waals surface area contributed by atoms with Crippen molar-refractivity contribution in [1.82, 2.24) is 15.5 Å². The molecule has 1 heterocycles. The number of ether oxygens (including phenoxy) is 1. The highest BCUT2D eigenvalue weighted by Crippen LogP contribution is 2.22. The smallest absolute Gasteiger partial charge is 0.254 e. The maximum atomic E-state index is 14.0. The minimum atomic E-state index is -1.07. The quantitative estimate of drug-likeness (QED) is 0.199. The predicted octanol–water partition coefficient (Wildman–Crippen LogP) is 5.36. The van der Waals surface area contributed by atoms with Crippen LogP contribution < -0.4 is 10.6 Å². The molecule has 0 bridgehead atoms. The van der Waals surface area contributed by atoms with E-state index in [1.807, 2.05) is 30.9 Å². The monoisotopic (exact) mass is 621 g/mol. The van der Waals surface area contributed by atoms with Gasteiger partial charge in [-0.05, 0) is 91.6 Å². The normalized spacial score (nSPS) is 16.0. The molecule has 1 aliphatic rings. The van der Waals surface area contributed by atoms with Gasteiger partial charge in [-0.25, -0.2) is 8.78 Å². The Morgan fingerprint density at radius 2 is 1.73 bits per heavy atom. The number of aryl methyl sites for hydroxylation is 2. The lowest BCUT2D eigenvalue weighted by Gasteiger charge is -2.26. The second kappa shape index (κ2) is 16.6. The molecule has 0 aliphatic carbocycles. The van der Waals surface area contributed by atoms with Gasteiger partial charge in [0.05, 0.1) is 24.8 Å². The minimum absolute atomic E-state index is 0.000588. The highest BCUT2D eigenvalue weighted by atomic mass is 19.1. The largest absolute Gasteiger partial charge is 0.390 e. The summed E-state index contributed by atoms with van der Waals surface area (Å²) in [5.41, 5.74) is 3.98. The molecule has 242 valence electrons. The molecule has 45 heavy (non-hydrogen) atoms. The Bertz CT molecular complexity index is 1430. The average molecular weight is 622 g/mol. The Kier molecular flexibility index (Phi) is 12.6. The Labute approximate surface area is 265 Å². The first-order chi connectivity index (χ1) is 21.7. The summed E-state index contributed by atoms with van der Waals surface area (Å²) >= 11 is 0. The zero-order chi connectivity index (χ0) is 32.3. The summed E-state index contributed by atoms with van der Waals surface area (Å²) in [5, 5.41) is 17.3. The standard InChI is InChI=1S/C36H45F2N3O4/c1-4-12-45-23-32-10-7-11-41(32)36(44)29-14-24(3)13-28(19-29)35(43)40-33(18-27-16-30(37)20-31(38)17-27)34(42)22-39-21-26-9-6-8-25(5-2)15-26/h6,8-9,13-17,19-20,32-34,39,42H,4-5,7,10-12,18,21-23H2,1-3H3,(H,40,43)/t32-,33+,34-/m1/s1. The van der Waals surface area contributed by atoms with Crippen LogP contribution in [0, 0.1) is 18.6 Å². The molecule has 0 spiro atoms. The Morgan fingerprint density at radius 3 is 2.47 bits per heavy atom. The molecule has 1 fully saturated rings. The van der Waals surface area contributed by atoms with Crippen molar-refractivity contribution in [2.45, 2.75) is 77.6 Å². The number of likely N-dealkylation sites (tertiary alicyclic amines) is 1. The first-order valence-electron chi connectivity index (χ1n) is 15.9. The van der Waals surface area contributed by atoms with Crippen LogP contribution in [-0.4, -0.2) is 66.3 Å². The van der Waals surface area contributed by atoms with Crippen LogP contribution in [0.3, 0.4) is 0 Å². The van der Waals surface area contributed by atoms with Crippen LogP contribution in [0.1, 0.15) is 76.1 Å². The lowest BCUT2D eigenvalue weighted by atomic mass is 9.99. The lowest BCUT2D eigenvalue weighted by Crippen LogP contribution is -2.48. The summed E-state index contributed by atoms with van der Waals surface area (Å²) in [5.74, 6) is -2.12. The number of benzene rings is 3. The molecular formula is C36H45F2N3O4. The van der Waals surface area contributed by atoms with E-state index in [0.29, 0.717) is 37.4 Å². The fourth-order valence-electron chi connectivity index (χ4n) is 5.83. The van der Waals surface area contributed by atoms with Crippen molar-refractivity contribution in [3.8, 4) is 0 Å². The van der Waals surface area contributed by atoms with Gasteiger partial charge in [0.25, 0.3) is 11.8 Å². The van der Waals surface area contributed by atoms with E-state index in [4.69, 9.17) is 4.74 Å². The van der Waals surface area contributed by atoms with Crippen LogP contribution in [0.5, 0.6) is 0 Å². The van der Waals surface area contributed by atoms with Crippen molar-refractivity contribution in [2.24, 2.45) is 0 Å². The maximum Gasteiger partial charge on any atom is 0.254 e. The number of carbonyl (C=O) groups is 2. The van der Waals surface area contributed by atoms with Crippen molar-refractivity contribution >= 4 is 11.8 Å². The van der Waals surface area contributed by atoms with Crippen LogP contribution in [0.25, 0.3) is 0 Å². The SMILES string of the molecule is CCCOC[C@H]1CCCN1C(=O)c1cc(C)cc(C(=O)N[C@@H](Cc2cc(F)cc(F)c2)[C@H](O)CNCc2cccc(CC)c2)c1. The van der Waals surface area contributed by atoms with E-state index >= 15 is 0 Å². The second-order valence-electron chi connectivity index (χ2n) is 11.9. The van der Waals surface area contributed by atoms with Crippen LogP contribution in [0.2, 0.25) is 0 Å². The van der Waals surface area contributed by atoms with Gasteiger partial charge in [-0.15, -0.1) is 0 Å². The van der Waals surface area contributed by atoms with Gasteiger partial charge in [0, 0.05) is 43.4 Å². The van der Waals surface area contributed by atoms with Crippen molar-refractivity contribution in [3.63, 3.8) is 0 Å². The zero-order valence-corrected chi connectivity index (χ0v) is 26.5. The first kappa shape index (κ1) is 34.2. The van der Waals surface area contributed by atoms with Gasteiger partial charge in [0.2, 0.25) is 0 Å². The van der Waals surface area contributed by atoms with Crippen molar-refractivity contribution < 1.29 is 28.2 Å². The molecule has 0 saturated carbocycles. The number of carbonyl (C=O) groups excluding carboxylic acids is 2. The van der Waals surface area contributed by atoms with E-state index in [2.05, 4.69) is 29.7 Å². The second-order valence-corrected chi connectivity index (χ2v) is 11.9. The molecule has 3 aromatic rings. The van der Waals surface area contributed by atoms with Crippen molar-refractivity contribution in [1.29, 1.82) is 0 Å². The van der Waals surface area contributed by atoms with Gasteiger partial charge in [0.1, 0.15) is 11.6 Å². The molecule has 1 saturated heterocycles. The number of halogens is 2. The Morgan fingerprint density at radius 1 is 1.00 bits per heavy atom.